The number of fused-ring (bicyclic) bond motifs is 6. The average molecular weight is 732 g/mol. The number of rotatable bonds is 6. The van der Waals surface area contributed by atoms with Crippen molar-refractivity contribution in [1.29, 1.82) is 0 Å². The van der Waals surface area contributed by atoms with Crippen molar-refractivity contribution in [2.24, 2.45) is 0 Å². The van der Waals surface area contributed by atoms with Crippen molar-refractivity contribution in [1.82, 2.24) is 15.0 Å². The van der Waals surface area contributed by atoms with E-state index in [9.17, 15) is 0 Å². The molecule has 0 saturated heterocycles. The van der Waals surface area contributed by atoms with Crippen LogP contribution in [-0.4, -0.2) is 15.0 Å². The van der Waals surface area contributed by atoms with Gasteiger partial charge in [-0.3, -0.25) is 4.98 Å². The second kappa shape index (κ2) is 13.3. The van der Waals surface area contributed by atoms with Crippen molar-refractivity contribution >= 4 is 0 Å². The third kappa shape index (κ3) is 5.28. The van der Waals surface area contributed by atoms with Crippen LogP contribution in [0, 0.1) is 0 Å². The van der Waals surface area contributed by atoms with Gasteiger partial charge in [-0.25, -0.2) is 9.97 Å². The van der Waals surface area contributed by atoms with Gasteiger partial charge in [-0.15, -0.1) is 0 Å². The van der Waals surface area contributed by atoms with Crippen molar-refractivity contribution in [3.05, 3.63) is 223 Å². The highest BCUT2D eigenvalue weighted by Gasteiger charge is 2.48. The van der Waals surface area contributed by atoms with Crippen molar-refractivity contribution in [2.75, 3.05) is 0 Å². The number of benzene rings is 7. The van der Waals surface area contributed by atoms with Crippen molar-refractivity contribution in [2.45, 2.75) is 5.41 Å². The molecule has 0 atom stereocenters. The minimum absolute atomic E-state index is 0.552. The first-order chi connectivity index (χ1) is 28.3. The highest BCUT2D eigenvalue weighted by atomic mass is 16.6. The molecule has 7 aromatic carbocycles. The lowest BCUT2D eigenvalue weighted by Gasteiger charge is -2.34. The number of hydrogen-bond acceptors (Lipinski definition) is 5. The van der Waals surface area contributed by atoms with Gasteiger partial charge >= 0.3 is 0 Å². The third-order valence-electron chi connectivity index (χ3n) is 11.1. The Kier molecular flexibility index (Phi) is 7.64. The number of para-hydroxylation sites is 1. The van der Waals surface area contributed by atoms with Crippen molar-refractivity contribution in [3.63, 3.8) is 0 Å². The van der Waals surface area contributed by atoms with E-state index < -0.39 is 5.41 Å². The van der Waals surface area contributed by atoms with E-state index in [2.05, 4.69) is 138 Å². The molecule has 2 aliphatic rings. The number of nitrogens with zero attached hydrogens (tertiary/aromatic N) is 3. The molecule has 0 spiro atoms. The number of hydrogen-bond donors (Lipinski definition) is 0. The SMILES string of the molecule is c1ccc(-c2cc(-c3ccccn3)nc(-c3cccc(-c4cccc5c4Oc4c(ccc6c4-c4ccccc4C6(c4ccccc4)c4ccccc4)O5)c3)n2)cc1. The largest absolute Gasteiger partial charge is 0.449 e. The first-order valence-corrected chi connectivity index (χ1v) is 19.1. The summed E-state index contributed by atoms with van der Waals surface area (Å²) < 4.78 is 13.9. The zero-order chi connectivity index (χ0) is 37.8. The Morgan fingerprint density at radius 1 is 0.386 bits per heavy atom. The highest BCUT2D eigenvalue weighted by Crippen LogP contribution is 2.62. The molecule has 57 heavy (non-hydrogen) atoms. The molecule has 11 rings (SSSR count). The zero-order valence-electron chi connectivity index (χ0n) is 30.7. The fraction of sp³-hybridized carbons (Fsp3) is 0.0192. The fourth-order valence-electron chi connectivity index (χ4n) is 8.62. The number of ether oxygens (including phenoxy) is 2. The molecule has 1 aliphatic carbocycles. The Morgan fingerprint density at radius 2 is 1.02 bits per heavy atom. The van der Waals surface area contributed by atoms with Crippen LogP contribution in [0.3, 0.4) is 0 Å². The second-order valence-corrected chi connectivity index (χ2v) is 14.3. The molecule has 0 unspecified atom stereocenters. The molecule has 5 heteroatoms. The van der Waals surface area contributed by atoms with E-state index in [4.69, 9.17) is 19.4 Å². The standard InChI is InChI=1S/C52H33N3O2/c1-4-16-34(17-5-1)44-33-45(43-27-12-13-31-53-43)55-51(54-44)36-19-14-18-35(32-36)39-25-15-28-46-49(39)57-50-47(56-46)30-29-42-48(50)40-24-10-11-26-41(40)52(42,37-20-6-2-7-21-37)38-22-8-3-9-23-38/h1-33H. The van der Waals surface area contributed by atoms with Gasteiger partial charge in [0.05, 0.1) is 22.5 Å². The second-order valence-electron chi connectivity index (χ2n) is 14.3. The summed E-state index contributed by atoms with van der Waals surface area (Å²) in [4.78, 5) is 14.7. The molecule has 0 amide bonds. The van der Waals surface area contributed by atoms with Crippen LogP contribution in [0.15, 0.2) is 200 Å². The van der Waals surface area contributed by atoms with Crippen LogP contribution in [0.5, 0.6) is 23.0 Å². The van der Waals surface area contributed by atoms with Gasteiger partial charge in [0, 0.05) is 28.5 Å². The third-order valence-corrected chi connectivity index (χ3v) is 11.1. The van der Waals surface area contributed by atoms with Gasteiger partial charge in [-0.2, -0.15) is 0 Å². The lowest BCUT2D eigenvalue weighted by Crippen LogP contribution is -2.28. The Morgan fingerprint density at radius 3 is 1.79 bits per heavy atom. The smallest absolute Gasteiger partial charge is 0.178 e. The molecule has 2 aromatic heterocycles. The van der Waals surface area contributed by atoms with Crippen LogP contribution in [0.4, 0.5) is 0 Å². The first kappa shape index (κ1) is 32.8. The quantitative estimate of drug-likeness (QED) is 0.170. The highest BCUT2D eigenvalue weighted by molar-refractivity contribution is 5.92. The van der Waals surface area contributed by atoms with Gasteiger partial charge in [0.15, 0.2) is 28.8 Å². The molecule has 268 valence electrons. The van der Waals surface area contributed by atoms with Crippen LogP contribution in [0.2, 0.25) is 0 Å². The molecule has 0 bridgehead atoms. The topological polar surface area (TPSA) is 57.1 Å². The van der Waals surface area contributed by atoms with E-state index in [1.165, 1.54) is 16.7 Å². The van der Waals surface area contributed by atoms with Crippen molar-refractivity contribution < 1.29 is 9.47 Å². The van der Waals surface area contributed by atoms with E-state index in [1.54, 1.807) is 6.20 Å². The summed E-state index contributed by atoms with van der Waals surface area (Å²) in [6, 6.07) is 67.0. The lowest BCUT2D eigenvalue weighted by molar-refractivity contribution is 0.361. The monoisotopic (exact) mass is 731 g/mol. The predicted octanol–water partition coefficient (Wildman–Crippen LogP) is 12.8. The van der Waals surface area contributed by atoms with Crippen LogP contribution < -0.4 is 9.47 Å². The number of pyridine rings is 1. The maximum absolute atomic E-state index is 7.16. The maximum atomic E-state index is 7.16. The maximum Gasteiger partial charge on any atom is 0.178 e. The minimum atomic E-state index is -0.552. The van der Waals surface area contributed by atoms with Gasteiger partial charge in [-0.1, -0.05) is 158 Å². The molecular formula is C52H33N3O2. The molecule has 0 radical (unpaired) electrons. The summed E-state index contributed by atoms with van der Waals surface area (Å²) in [5.74, 6) is 3.33. The van der Waals surface area contributed by atoms with E-state index >= 15 is 0 Å². The zero-order valence-corrected chi connectivity index (χ0v) is 30.7. The van der Waals surface area contributed by atoms with Crippen LogP contribution >= 0.6 is 0 Å². The van der Waals surface area contributed by atoms with E-state index in [0.29, 0.717) is 28.8 Å². The van der Waals surface area contributed by atoms with E-state index in [0.717, 1.165) is 56.0 Å². The summed E-state index contributed by atoms with van der Waals surface area (Å²) >= 11 is 0. The van der Waals surface area contributed by atoms with Crippen LogP contribution in [0.1, 0.15) is 22.3 Å². The molecule has 0 N–H and O–H groups in total. The summed E-state index contributed by atoms with van der Waals surface area (Å²) in [6.45, 7) is 0. The van der Waals surface area contributed by atoms with Gasteiger partial charge < -0.3 is 9.47 Å². The summed E-state index contributed by atoms with van der Waals surface area (Å²) in [5, 5.41) is 0. The Hall–Kier alpha value is -7.63. The molecule has 0 fully saturated rings. The Bertz CT molecular complexity index is 2850. The lowest BCUT2D eigenvalue weighted by atomic mass is 9.68. The van der Waals surface area contributed by atoms with Gasteiger partial charge in [-0.05, 0) is 69.8 Å². The molecular weight excluding hydrogens is 699 g/mol. The van der Waals surface area contributed by atoms with Gasteiger partial charge in [0.25, 0.3) is 0 Å². The van der Waals surface area contributed by atoms with Crippen molar-refractivity contribution in [3.8, 4) is 79.3 Å². The molecule has 9 aromatic rings. The molecule has 0 saturated carbocycles. The van der Waals surface area contributed by atoms with Crippen LogP contribution in [0.25, 0.3) is 56.3 Å². The predicted molar refractivity (Wildman–Crippen MR) is 225 cm³/mol. The minimum Gasteiger partial charge on any atom is -0.449 e. The Labute approximate surface area is 330 Å². The Balaban J connectivity index is 1.05. The summed E-state index contributed by atoms with van der Waals surface area (Å²) in [6.07, 6.45) is 1.79. The molecule has 3 heterocycles. The van der Waals surface area contributed by atoms with Crippen LogP contribution in [-0.2, 0) is 5.41 Å². The van der Waals surface area contributed by atoms with Gasteiger partial charge in [0.2, 0.25) is 0 Å². The summed E-state index contributed by atoms with van der Waals surface area (Å²) in [7, 11) is 0. The number of aromatic nitrogens is 3. The van der Waals surface area contributed by atoms with E-state index in [1.807, 2.05) is 60.7 Å². The van der Waals surface area contributed by atoms with Gasteiger partial charge in [0.1, 0.15) is 0 Å². The average Bonchev–Trinajstić information content (AvgIpc) is 3.61. The van der Waals surface area contributed by atoms with E-state index in [-0.39, 0.29) is 0 Å². The summed E-state index contributed by atoms with van der Waals surface area (Å²) in [5.41, 5.74) is 12.5. The fourth-order valence-corrected chi connectivity index (χ4v) is 8.62. The molecule has 1 aliphatic heterocycles. The first-order valence-electron chi connectivity index (χ1n) is 19.1. The molecule has 5 nitrogen and oxygen atoms in total. The normalized spacial score (nSPS) is 13.0.